The Labute approximate surface area is 114 Å². The van der Waals surface area contributed by atoms with E-state index in [9.17, 15) is 4.79 Å². The molecular weight excluding hydrogens is 294 g/mol. The third-order valence-corrected chi connectivity index (χ3v) is 3.04. The van der Waals surface area contributed by atoms with Crippen molar-refractivity contribution in [3.63, 3.8) is 0 Å². The highest BCUT2D eigenvalue weighted by Gasteiger charge is 2.03. The van der Waals surface area contributed by atoms with E-state index in [1.807, 2.05) is 29.1 Å². The van der Waals surface area contributed by atoms with Crippen LogP contribution in [0.25, 0.3) is 0 Å². The fourth-order valence-electron chi connectivity index (χ4n) is 1.58. The summed E-state index contributed by atoms with van der Waals surface area (Å²) in [7, 11) is 0. The van der Waals surface area contributed by atoms with Gasteiger partial charge in [-0.25, -0.2) is 0 Å². The van der Waals surface area contributed by atoms with Crippen molar-refractivity contribution in [1.29, 1.82) is 0 Å². The lowest BCUT2D eigenvalue weighted by Crippen LogP contribution is -2.25. The van der Waals surface area contributed by atoms with Crippen molar-refractivity contribution in [3.05, 3.63) is 52.8 Å². The van der Waals surface area contributed by atoms with Gasteiger partial charge in [0.1, 0.15) is 0 Å². The van der Waals surface area contributed by atoms with Crippen LogP contribution in [-0.2, 0) is 6.54 Å². The SMILES string of the molecule is O=C(NCCCn1cccn1)c1ccc(Br)cc1. The van der Waals surface area contributed by atoms with Crippen molar-refractivity contribution in [2.24, 2.45) is 0 Å². The van der Waals surface area contributed by atoms with Crippen molar-refractivity contribution in [2.45, 2.75) is 13.0 Å². The van der Waals surface area contributed by atoms with Gasteiger partial charge in [0.2, 0.25) is 0 Å². The highest BCUT2D eigenvalue weighted by atomic mass is 79.9. The van der Waals surface area contributed by atoms with Gasteiger partial charge in [0.05, 0.1) is 0 Å². The Hall–Kier alpha value is -1.62. The second kappa shape index (κ2) is 6.35. The molecule has 18 heavy (non-hydrogen) atoms. The second-order valence-corrected chi connectivity index (χ2v) is 4.80. The lowest BCUT2D eigenvalue weighted by atomic mass is 10.2. The van der Waals surface area contributed by atoms with Gasteiger partial charge in [0.25, 0.3) is 5.91 Å². The number of carbonyl (C=O) groups is 1. The van der Waals surface area contributed by atoms with Crippen LogP contribution in [0.1, 0.15) is 16.8 Å². The summed E-state index contributed by atoms with van der Waals surface area (Å²) in [6.45, 7) is 1.46. The molecule has 2 rings (SSSR count). The van der Waals surface area contributed by atoms with E-state index < -0.39 is 0 Å². The molecule has 2 aromatic rings. The predicted molar refractivity (Wildman–Crippen MR) is 73.3 cm³/mol. The average molecular weight is 308 g/mol. The van der Waals surface area contributed by atoms with Crippen molar-refractivity contribution in [3.8, 4) is 0 Å². The van der Waals surface area contributed by atoms with E-state index >= 15 is 0 Å². The summed E-state index contributed by atoms with van der Waals surface area (Å²) >= 11 is 3.34. The van der Waals surface area contributed by atoms with Gasteiger partial charge in [0.15, 0.2) is 0 Å². The van der Waals surface area contributed by atoms with Crippen LogP contribution in [-0.4, -0.2) is 22.2 Å². The Morgan fingerprint density at radius 3 is 2.78 bits per heavy atom. The molecule has 1 N–H and O–H groups in total. The molecule has 0 unspecified atom stereocenters. The van der Waals surface area contributed by atoms with Gasteiger partial charge in [-0.3, -0.25) is 9.48 Å². The van der Waals surface area contributed by atoms with Gasteiger partial charge < -0.3 is 5.32 Å². The minimum atomic E-state index is -0.0389. The van der Waals surface area contributed by atoms with Crippen LogP contribution in [0.5, 0.6) is 0 Å². The Morgan fingerprint density at radius 2 is 2.11 bits per heavy atom. The molecule has 94 valence electrons. The normalized spacial score (nSPS) is 10.3. The van der Waals surface area contributed by atoms with Crippen LogP contribution in [0.3, 0.4) is 0 Å². The minimum absolute atomic E-state index is 0.0389. The van der Waals surface area contributed by atoms with Crippen LogP contribution in [0.4, 0.5) is 0 Å². The predicted octanol–water partition coefficient (Wildman–Crippen LogP) is 2.47. The van der Waals surface area contributed by atoms with Crippen molar-refractivity contribution in [2.75, 3.05) is 6.54 Å². The van der Waals surface area contributed by atoms with Crippen LogP contribution >= 0.6 is 15.9 Å². The monoisotopic (exact) mass is 307 g/mol. The summed E-state index contributed by atoms with van der Waals surface area (Å²) in [6, 6.07) is 9.21. The van der Waals surface area contributed by atoms with E-state index in [4.69, 9.17) is 0 Å². The molecule has 1 heterocycles. The van der Waals surface area contributed by atoms with E-state index in [0.717, 1.165) is 17.4 Å². The number of hydrogen-bond acceptors (Lipinski definition) is 2. The Kier molecular flexibility index (Phi) is 4.52. The fraction of sp³-hybridized carbons (Fsp3) is 0.231. The Morgan fingerprint density at radius 1 is 1.33 bits per heavy atom. The molecule has 0 saturated carbocycles. The lowest BCUT2D eigenvalue weighted by molar-refractivity contribution is 0.0952. The highest BCUT2D eigenvalue weighted by molar-refractivity contribution is 9.10. The summed E-state index contributed by atoms with van der Waals surface area (Å²) in [6.07, 6.45) is 4.53. The molecule has 1 aromatic carbocycles. The number of aryl methyl sites for hydroxylation is 1. The van der Waals surface area contributed by atoms with Gasteiger partial charge in [-0.2, -0.15) is 5.10 Å². The first-order valence-corrected chi connectivity index (χ1v) is 6.56. The summed E-state index contributed by atoms with van der Waals surface area (Å²) in [5, 5.41) is 6.99. The quantitative estimate of drug-likeness (QED) is 0.863. The number of nitrogens with one attached hydrogen (secondary N) is 1. The molecule has 0 spiro atoms. The maximum Gasteiger partial charge on any atom is 0.251 e. The third kappa shape index (κ3) is 3.70. The van der Waals surface area contributed by atoms with Crippen LogP contribution in [0.15, 0.2) is 47.2 Å². The molecule has 5 heteroatoms. The molecular formula is C13H14BrN3O. The lowest BCUT2D eigenvalue weighted by Gasteiger charge is -2.05. The zero-order valence-electron chi connectivity index (χ0n) is 9.84. The Balaban J connectivity index is 1.73. The summed E-state index contributed by atoms with van der Waals surface area (Å²) in [5.41, 5.74) is 0.678. The number of halogens is 1. The maximum atomic E-state index is 11.8. The van der Waals surface area contributed by atoms with Gasteiger partial charge in [-0.05, 0) is 36.8 Å². The molecule has 0 bridgehead atoms. The van der Waals surface area contributed by atoms with Gasteiger partial charge >= 0.3 is 0 Å². The molecule has 0 aliphatic rings. The smallest absolute Gasteiger partial charge is 0.251 e. The average Bonchev–Trinajstić information content (AvgIpc) is 2.88. The third-order valence-electron chi connectivity index (χ3n) is 2.52. The molecule has 0 aliphatic carbocycles. The fourth-order valence-corrected chi connectivity index (χ4v) is 1.84. The van der Waals surface area contributed by atoms with Crippen LogP contribution in [0, 0.1) is 0 Å². The molecule has 0 saturated heterocycles. The zero-order valence-corrected chi connectivity index (χ0v) is 11.4. The first kappa shape index (κ1) is 12.8. The number of hydrogen-bond donors (Lipinski definition) is 1. The Bertz CT molecular complexity index is 493. The number of carbonyl (C=O) groups excluding carboxylic acids is 1. The van der Waals surface area contributed by atoms with Crippen LogP contribution < -0.4 is 5.32 Å². The standard InChI is InChI=1S/C13H14BrN3O/c14-12-5-3-11(4-6-12)13(18)15-7-1-9-17-10-2-8-16-17/h2-6,8,10H,1,7,9H2,(H,15,18). The van der Waals surface area contributed by atoms with Gasteiger partial charge in [0, 0.05) is 35.5 Å². The van der Waals surface area contributed by atoms with Gasteiger partial charge in [-0.1, -0.05) is 15.9 Å². The zero-order chi connectivity index (χ0) is 12.8. The number of benzene rings is 1. The summed E-state index contributed by atoms with van der Waals surface area (Å²) in [5.74, 6) is -0.0389. The van der Waals surface area contributed by atoms with E-state index in [1.165, 1.54) is 0 Å². The molecule has 0 fully saturated rings. The molecule has 1 aromatic heterocycles. The first-order chi connectivity index (χ1) is 8.75. The number of nitrogens with zero attached hydrogens (tertiary/aromatic N) is 2. The van der Waals surface area contributed by atoms with Gasteiger partial charge in [-0.15, -0.1) is 0 Å². The summed E-state index contributed by atoms with van der Waals surface area (Å²) < 4.78 is 2.82. The van der Waals surface area contributed by atoms with E-state index in [-0.39, 0.29) is 5.91 Å². The molecule has 0 atom stereocenters. The highest BCUT2D eigenvalue weighted by Crippen LogP contribution is 2.10. The topological polar surface area (TPSA) is 46.9 Å². The van der Waals surface area contributed by atoms with E-state index in [2.05, 4.69) is 26.3 Å². The second-order valence-electron chi connectivity index (χ2n) is 3.89. The van der Waals surface area contributed by atoms with Crippen molar-refractivity contribution >= 4 is 21.8 Å². The van der Waals surface area contributed by atoms with E-state index in [0.29, 0.717) is 12.1 Å². The maximum absolute atomic E-state index is 11.8. The van der Waals surface area contributed by atoms with Crippen molar-refractivity contribution in [1.82, 2.24) is 15.1 Å². The largest absolute Gasteiger partial charge is 0.352 e. The number of amides is 1. The summed E-state index contributed by atoms with van der Waals surface area (Å²) in [4.78, 5) is 11.8. The van der Waals surface area contributed by atoms with Crippen LogP contribution in [0.2, 0.25) is 0 Å². The van der Waals surface area contributed by atoms with E-state index in [1.54, 1.807) is 18.3 Å². The first-order valence-electron chi connectivity index (χ1n) is 5.77. The molecule has 4 nitrogen and oxygen atoms in total. The minimum Gasteiger partial charge on any atom is -0.352 e. The molecule has 0 aliphatic heterocycles. The number of aromatic nitrogens is 2. The van der Waals surface area contributed by atoms with Crippen molar-refractivity contribution < 1.29 is 4.79 Å². The molecule has 1 amide bonds. The number of rotatable bonds is 5. The molecule has 0 radical (unpaired) electrons.